The predicted molar refractivity (Wildman–Crippen MR) is 104 cm³/mol. The molecule has 1 aromatic heterocycles. The quantitative estimate of drug-likeness (QED) is 0.552. The molecule has 0 saturated heterocycles. The van der Waals surface area contributed by atoms with Crippen molar-refractivity contribution in [2.75, 3.05) is 18.2 Å². The van der Waals surface area contributed by atoms with E-state index in [-0.39, 0.29) is 30.1 Å². The van der Waals surface area contributed by atoms with Gasteiger partial charge >= 0.3 is 5.97 Å². The van der Waals surface area contributed by atoms with Crippen molar-refractivity contribution >= 4 is 39.5 Å². The van der Waals surface area contributed by atoms with Crippen LogP contribution in [0.25, 0.3) is 0 Å². The molecule has 144 valence electrons. The van der Waals surface area contributed by atoms with Gasteiger partial charge in [-0.15, -0.1) is 0 Å². The predicted octanol–water partition coefficient (Wildman–Crippen LogP) is 3.46. The SMILES string of the molecule is COc1ccc(Br)c(C(=O)OCc2nc(N)nc(Nc3ccc(F)cc3)n2)c1. The largest absolute Gasteiger partial charge is 0.497 e. The van der Waals surface area contributed by atoms with Crippen LogP contribution >= 0.6 is 15.9 Å². The molecule has 0 amide bonds. The number of carbonyl (C=O) groups excluding carboxylic acids is 1. The van der Waals surface area contributed by atoms with Gasteiger partial charge in [0.15, 0.2) is 12.4 Å². The molecule has 0 aliphatic carbocycles. The molecule has 0 radical (unpaired) electrons. The molecular formula is C18H15BrFN5O3. The van der Waals surface area contributed by atoms with Crippen molar-refractivity contribution in [3.8, 4) is 5.75 Å². The van der Waals surface area contributed by atoms with Crippen LogP contribution in [0.15, 0.2) is 46.9 Å². The number of benzene rings is 2. The number of hydrogen-bond acceptors (Lipinski definition) is 8. The van der Waals surface area contributed by atoms with Gasteiger partial charge in [0.1, 0.15) is 11.6 Å². The second kappa shape index (κ2) is 8.61. The number of rotatable bonds is 6. The lowest BCUT2D eigenvalue weighted by Crippen LogP contribution is -2.11. The Kier molecular flexibility index (Phi) is 5.99. The third-order valence-corrected chi connectivity index (χ3v) is 4.22. The number of carbonyl (C=O) groups is 1. The van der Waals surface area contributed by atoms with Crippen molar-refractivity contribution in [1.29, 1.82) is 0 Å². The minimum absolute atomic E-state index is 0.0479. The number of nitrogens with one attached hydrogen (secondary N) is 1. The number of aromatic nitrogens is 3. The molecule has 0 saturated carbocycles. The van der Waals surface area contributed by atoms with E-state index in [1.54, 1.807) is 18.2 Å². The molecule has 0 bridgehead atoms. The fourth-order valence-electron chi connectivity index (χ4n) is 2.22. The molecule has 3 N–H and O–H groups in total. The minimum atomic E-state index is -0.585. The highest BCUT2D eigenvalue weighted by molar-refractivity contribution is 9.10. The molecule has 0 fully saturated rings. The summed E-state index contributed by atoms with van der Waals surface area (Å²) in [6, 6.07) is 10.6. The Morgan fingerprint density at radius 3 is 2.64 bits per heavy atom. The number of ether oxygens (including phenoxy) is 2. The van der Waals surface area contributed by atoms with Crippen LogP contribution in [0.1, 0.15) is 16.2 Å². The summed E-state index contributed by atoms with van der Waals surface area (Å²) >= 11 is 3.30. The summed E-state index contributed by atoms with van der Waals surface area (Å²) in [5.74, 6) is -0.175. The zero-order valence-corrected chi connectivity index (χ0v) is 16.2. The summed E-state index contributed by atoms with van der Waals surface area (Å²) in [4.78, 5) is 24.4. The number of methoxy groups -OCH3 is 1. The van der Waals surface area contributed by atoms with E-state index in [1.807, 2.05) is 0 Å². The molecule has 8 nitrogen and oxygen atoms in total. The Balaban J connectivity index is 1.71. The van der Waals surface area contributed by atoms with Gasteiger partial charge < -0.3 is 20.5 Å². The van der Waals surface area contributed by atoms with Gasteiger partial charge in [0.25, 0.3) is 0 Å². The van der Waals surface area contributed by atoms with E-state index < -0.39 is 5.97 Å². The van der Waals surface area contributed by atoms with Crippen LogP contribution < -0.4 is 15.8 Å². The molecule has 0 atom stereocenters. The van der Waals surface area contributed by atoms with E-state index in [2.05, 4.69) is 36.2 Å². The summed E-state index contributed by atoms with van der Waals surface area (Å²) in [5.41, 5.74) is 6.55. The first-order valence-corrected chi connectivity index (χ1v) is 8.77. The summed E-state index contributed by atoms with van der Waals surface area (Å²) in [6.07, 6.45) is 0. The molecule has 3 aromatic rings. The number of halogens is 2. The first-order valence-electron chi connectivity index (χ1n) is 7.98. The van der Waals surface area contributed by atoms with E-state index >= 15 is 0 Å². The summed E-state index contributed by atoms with van der Waals surface area (Å²) in [5, 5.41) is 2.88. The zero-order chi connectivity index (χ0) is 20.1. The molecule has 3 rings (SSSR count). The third kappa shape index (κ3) is 4.92. The van der Waals surface area contributed by atoms with E-state index in [1.165, 1.54) is 31.4 Å². The molecule has 2 aromatic carbocycles. The Bertz CT molecular complexity index is 1000. The van der Waals surface area contributed by atoms with Crippen LogP contribution in [-0.2, 0) is 11.3 Å². The van der Waals surface area contributed by atoms with Gasteiger partial charge in [-0.3, -0.25) is 0 Å². The molecule has 0 aliphatic heterocycles. The zero-order valence-electron chi connectivity index (χ0n) is 14.6. The van der Waals surface area contributed by atoms with E-state index in [0.29, 0.717) is 21.5 Å². The number of nitrogens with zero attached hydrogens (tertiary/aromatic N) is 3. The molecule has 0 spiro atoms. The topological polar surface area (TPSA) is 112 Å². The summed E-state index contributed by atoms with van der Waals surface area (Å²) in [6.45, 7) is -0.215. The van der Waals surface area contributed by atoms with Crippen molar-refractivity contribution in [1.82, 2.24) is 15.0 Å². The fraction of sp³-hybridized carbons (Fsp3) is 0.111. The lowest BCUT2D eigenvalue weighted by molar-refractivity contribution is 0.0460. The van der Waals surface area contributed by atoms with Gasteiger partial charge in [-0.1, -0.05) is 0 Å². The number of esters is 1. The molecule has 28 heavy (non-hydrogen) atoms. The van der Waals surface area contributed by atoms with Crippen molar-refractivity contribution < 1.29 is 18.7 Å². The average molecular weight is 448 g/mol. The first-order chi connectivity index (χ1) is 13.4. The number of hydrogen-bond donors (Lipinski definition) is 2. The Morgan fingerprint density at radius 2 is 1.93 bits per heavy atom. The number of anilines is 3. The van der Waals surface area contributed by atoms with Gasteiger partial charge in [0, 0.05) is 10.2 Å². The van der Waals surface area contributed by atoms with Crippen LogP contribution in [0.2, 0.25) is 0 Å². The van der Waals surface area contributed by atoms with Crippen molar-refractivity contribution in [2.45, 2.75) is 6.61 Å². The third-order valence-electron chi connectivity index (χ3n) is 3.53. The maximum atomic E-state index is 13.0. The fourth-order valence-corrected chi connectivity index (χ4v) is 2.62. The van der Waals surface area contributed by atoms with Crippen LogP contribution in [0.5, 0.6) is 5.75 Å². The highest BCUT2D eigenvalue weighted by atomic mass is 79.9. The van der Waals surface area contributed by atoms with Crippen LogP contribution in [0.4, 0.5) is 22.0 Å². The van der Waals surface area contributed by atoms with E-state index in [4.69, 9.17) is 15.2 Å². The molecule has 0 aliphatic rings. The van der Waals surface area contributed by atoms with Gasteiger partial charge in [0.05, 0.1) is 12.7 Å². The van der Waals surface area contributed by atoms with Gasteiger partial charge in [-0.25, -0.2) is 9.18 Å². The monoisotopic (exact) mass is 447 g/mol. The van der Waals surface area contributed by atoms with Gasteiger partial charge in [-0.05, 0) is 58.4 Å². The normalized spacial score (nSPS) is 10.4. The highest BCUT2D eigenvalue weighted by Crippen LogP contribution is 2.23. The number of nitrogens with two attached hydrogens (primary N) is 1. The standard InChI is InChI=1S/C18H15BrFN5O3/c1-27-12-6-7-14(19)13(8-12)16(26)28-9-15-23-17(21)25-18(24-15)22-11-4-2-10(20)3-5-11/h2-8H,9H2,1H3,(H3,21,22,23,24,25). The van der Waals surface area contributed by atoms with Crippen LogP contribution in [0.3, 0.4) is 0 Å². The smallest absolute Gasteiger partial charge is 0.339 e. The van der Waals surface area contributed by atoms with Crippen molar-refractivity contribution in [3.63, 3.8) is 0 Å². The van der Waals surface area contributed by atoms with Crippen molar-refractivity contribution in [2.24, 2.45) is 0 Å². The Labute approximate surface area is 168 Å². The minimum Gasteiger partial charge on any atom is -0.497 e. The van der Waals surface area contributed by atoms with E-state index in [0.717, 1.165) is 0 Å². The Morgan fingerprint density at radius 1 is 1.18 bits per heavy atom. The number of nitrogen functional groups attached to an aromatic ring is 1. The lowest BCUT2D eigenvalue weighted by atomic mass is 10.2. The summed E-state index contributed by atoms with van der Waals surface area (Å²) < 4.78 is 23.9. The van der Waals surface area contributed by atoms with E-state index in [9.17, 15) is 9.18 Å². The molecule has 0 unspecified atom stereocenters. The second-order valence-electron chi connectivity index (χ2n) is 5.49. The summed E-state index contributed by atoms with van der Waals surface area (Å²) in [7, 11) is 1.50. The molecular weight excluding hydrogens is 433 g/mol. The van der Waals surface area contributed by atoms with Crippen LogP contribution in [-0.4, -0.2) is 28.0 Å². The lowest BCUT2D eigenvalue weighted by Gasteiger charge is -2.09. The molecule has 1 heterocycles. The maximum Gasteiger partial charge on any atom is 0.339 e. The highest BCUT2D eigenvalue weighted by Gasteiger charge is 2.14. The second-order valence-corrected chi connectivity index (χ2v) is 6.34. The first kappa shape index (κ1) is 19.5. The van der Waals surface area contributed by atoms with Gasteiger partial charge in [0.2, 0.25) is 11.9 Å². The van der Waals surface area contributed by atoms with Gasteiger partial charge in [-0.2, -0.15) is 15.0 Å². The maximum absolute atomic E-state index is 13.0. The average Bonchev–Trinajstić information content (AvgIpc) is 2.68. The van der Waals surface area contributed by atoms with Crippen molar-refractivity contribution in [3.05, 3.63) is 64.1 Å². The molecule has 10 heteroatoms. The Hall–Kier alpha value is -3.27. The van der Waals surface area contributed by atoms with Crippen LogP contribution in [0, 0.1) is 5.82 Å².